The molecule has 3 heteroatoms. The second-order valence-corrected chi connectivity index (χ2v) is 3.37. The first-order valence-corrected chi connectivity index (χ1v) is 4.19. The maximum Gasteiger partial charge on any atom is 0.344 e. The van der Waals surface area contributed by atoms with Crippen LogP contribution in [0.15, 0.2) is 18.7 Å². The molecule has 2 nitrogen and oxygen atoms in total. The number of rotatable bonds is 0. The van der Waals surface area contributed by atoms with E-state index in [9.17, 15) is 4.79 Å². The van der Waals surface area contributed by atoms with E-state index in [0.717, 1.165) is 5.56 Å². The van der Waals surface area contributed by atoms with Crippen molar-refractivity contribution in [3.8, 4) is 0 Å². The van der Waals surface area contributed by atoms with Crippen LogP contribution in [-0.4, -0.2) is 5.97 Å². The number of fused-ring (bicyclic) bond motifs is 1. The third-order valence-corrected chi connectivity index (χ3v) is 2.44. The topological polar surface area (TPSA) is 26.3 Å². The number of ether oxygens (including phenoxy) is 1. The van der Waals surface area contributed by atoms with Gasteiger partial charge in [0, 0.05) is 10.6 Å². The molecule has 0 saturated heterocycles. The molecule has 0 fully saturated rings. The molecule has 0 N–H and O–H groups in total. The summed E-state index contributed by atoms with van der Waals surface area (Å²) < 4.78 is 4.85. The van der Waals surface area contributed by atoms with Gasteiger partial charge in [0.05, 0.1) is 5.56 Å². The maximum absolute atomic E-state index is 11.2. The van der Waals surface area contributed by atoms with Gasteiger partial charge in [-0.1, -0.05) is 18.2 Å². The summed E-state index contributed by atoms with van der Waals surface area (Å²) in [5, 5.41) is 0.623. The van der Waals surface area contributed by atoms with E-state index < -0.39 is 0 Å². The molecule has 0 amide bonds. The number of aryl methyl sites for hydroxylation is 1. The molecule has 1 aliphatic rings. The van der Waals surface area contributed by atoms with Crippen molar-refractivity contribution < 1.29 is 9.53 Å². The van der Waals surface area contributed by atoms with Crippen LogP contribution < -0.4 is 0 Å². The lowest BCUT2D eigenvalue weighted by Gasteiger charge is -1.99. The Hall–Kier alpha value is -1.28. The Morgan fingerprint density at radius 2 is 2.08 bits per heavy atom. The lowest BCUT2D eigenvalue weighted by atomic mass is 10.1. The van der Waals surface area contributed by atoms with Crippen molar-refractivity contribution >= 4 is 23.3 Å². The van der Waals surface area contributed by atoms with Crippen molar-refractivity contribution in [2.45, 2.75) is 6.92 Å². The van der Waals surface area contributed by atoms with Gasteiger partial charge < -0.3 is 4.74 Å². The van der Waals surface area contributed by atoms with Gasteiger partial charge in [0.1, 0.15) is 5.76 Å². The summed E-state index contributed by atoms with van der Waals surface area (Å²) in [4.78, 5) is 11.2. The number of cyclic esters (lactones) is 1. The summed E-state index contributed by atoms with van der Waals surface area (Å²) in [6.45, 7) is 5.46. The van der Waals surface area contributed by atoms with Gasteiger partial charge in [0.15, 0.2) is 0 Å². The highest BCUT2D eigenvalue weighted by Crippen LogP contribution is 2.32. The minimum Gasteiger partial charge on any atom is -0.423 e. The molecule has 1 heterocycles. The minimum atomic E-state index is -0.347. The Bertz CT molecular complexity index is 382. The normalized spacial score (nSPS) is 14.3. The average Bonchev–Trinajstić information content (AvgIpc) is 2.31. The fourth-order valence-corrected chi connectivity index (χ4v) is 1.47. The lowest BCUT2D eigenvalue weighted by Crippen LogP contribution is -1.93. The summed E-state index contributed by atoms with van der Waals surface area (Å²) in [6.07, 6.45) is 0. The summed E-state index contributed by atoms with van der Waals surface area (Å²) in [5.41, 5.74) is 2.11. The van der Waals surface area contributed by atoms with Crippen molar-refractivity contribution in [3.05, 3.63) is 40.4 Å². The highest BCUT2D eigenvalue weighted by Gasteiger charge is 2.25. The van der Waals surface area contributed by atoms with Gasteiger partial charge in [-0.15, -0.1) is 0 Å². The number of esters is 1. The fourth-order valence-electron chi connectivity index (χ4n) is 1.30. The van der Waals surface area contributed by atoms with E-state index in [-0.39, 0.29) is 5.97 Å². The number of carbonyl (C=O) groups excluding carboxylic acids is 1. The first kappa shape index (κ1) is 8.32. The van der Waals surface area contributed by atoms with E-state index in [1.165, 1.54) is 0 Å². The van der Waals surface area contributed by atoms with E-state index in [1.807, 2.05) is 6.92 Å². The Morgan fingerprint density at radius 3 is 2.77 bits per heavy atom. The molecule has 2 rings (SSSR count). The SMILES string of the molecule is C=C1OC(=O)c2cc(C)c(Cl)cc21. The van der Waals surface area contributed by atoms with E-state index in [4.69, 9.17) is 16.3 Å². The molecule has 1 aliphatic heterocycles. The molecule has 1 aromatic rings. The molecule has 0 unspecified atom stereocenters. The van der Waals surface area contributed by atoms with Crippen LogP contribution in [-0.2, 0) is 4.74 Å². The Kier molecular flexibility index (Phi) is 1.67. The summed E-state index contributed by atoms with van der Waals surface area (Å²) in [5.74, 6) is 0.0293. The second-order valence-electron chi connectivity index (χ2n) is 2.96. The molecule has 13 heavy (non-hydrogen) atoms. The van der Waals surface area contributed by atoms with E-state index in [2.05, 4.69) is 6.58 Å². The summed E-state index contributed by atoms with van der Waals surface area (Å²) >= 11 is 5.90. The first-order valence-electron chi connectivity index (χ1n) is 3.81. The molecule has 0 aliphatic carbocycles. The van der Waals surface area contributed by atoms with Crippen LogP contribution in [0.1, 0.15) is 21.5 Å². The Morgan fingerprint density at radius 1 is 1.38 bits per heavy atom. The van der Waals surface area contributed by atoms with Gasteiger partial charge in [-0.25, -0.2) is 4.79 Å². The largest absolute Gasteiger partial charge is 0.423 e. The standard InChI is InChI=1S/C10H7ClO2/c1-5-3-8-7(4-9(5)11)6(2)13-10(8)12/h3-4H,2H2,1H3. The van der Waals surface area contributed by atoms with Crippen LogP contribution in [0.5, 0.6) is 0 Å². The molecule has 0 aromatic heterocycles. The molecule has 0 spiro atoms. The zero-order valence-electron chi connectivity index (χ0n) is 7.06. The summed E-state index contributed by atoms with van der Waals surface area (Å²) in [6, 6.07) is 3.43. The molecular weight excluding hydrogens is 188 g/mol. The predicted octanol–water partition coefficient (Wildman–Crippen LogP) is 2.79. The smallest absolute Gasteiger partial charge is 0.344 e. The highest BCUT2D eigenvalue weighted by atomic mass is 35.5. The Balaban J connectivity index is 2.72. The van der Waals surface area contributed by atoms with Crippen LogP contribution in [0.3, 0.4) is 0 Å². The van der Waals surface area contributed by atoms with Crippen molar-refractivity contribution in [1.29, 1.82) is 0 Å². The van der Waals surface area contributed by atoms with Crippen LogP contribution in [0.25, 0.3) is 5.76 Å². The maximum atomic E-state index is 11.2. The van der Waals surface area contributed by atoms with Crippen LogP contribution in [0, 0.1) is 6.92 Å². The van der Waals surface area contributed by atoms with Crippen molar-refractivity contribution in [2.75, 3.05) is 0 Å². The van der Waals surface area contributed by atoms with Gasteiger partial charge in [0.2, 0.25) is 0 Å². The predicted molar refractivity (Wildman–Crippen MR) is 50.6 cm³/mol. The van der Waals surface area contributed by atoms with Crippen LogP contribution in [0.2, 0.25) is 5.02 Å². The van der Waals surface area contributed by atoms with Gasteiger partial charge in [0.25, 0.3) is 0 Å². The zero-order chi connectivity index (χ0) is 9.59. The monoisotopic (exact) mass is 194 g/mol. The van der Waals surface area contributed by atoms with Crippen LogP contribution in [0.4, 0.5) is 0 Å². The van der Waals surface area contributed by atoms with E-state index in [1.54, 1.807) is 12.1 Å². The number of hydrogen-bond acceptors (Lipinski definition) is 2. The van der Waals surface area contributed by atoms with Crippen molar-refractivity contribution in [1.82, 2.24) is 0 Å². The summed E-state index contributed by atoms with van der Waals surface area (Å²) in [7, 11) is 0. The number of benzene rings is 1. The molecular formula is C10H7ClO2. The first-order chi connectivity index (χ1) is 6.09. The third kappa shape index (κ3) is 1.14. The molecule has 0 saturated carbocycles. The molecule has 0 radical (unpaired) electrons. The Labute approximate surface area is 80.8 Å². The molecule has 66 valence electrons. The van der Waals surface area contributed by atoms with E-state index >= 15 is 0 Å². The van der Waals surface area contributed by atoms with Crippen molar-refractivity contribution in [2.24, 2.45) is 0 Å². The quantitative estimate of drug-likeness (QED) is 0.594. The fraction of sp³-hybridized carbons (Fsp3) is 0.100. The van der Waals surface area contributed by atoms with Gasteiger partial charge in [-0.2, -0.15) is 0 Å². The van der Waals surface area contributed by atoms with E-state index in [0.29, 0.717) is 21.9 Å². The second kappa shape index (κ2) is 2.60. The highest BCUT2D eigenvalue weighted by molar-refractivity contribution is 6.31. The zero-order valence-corrected chi connectivity index (χ0v) is 7.81. The minimum absolute atomic E-state index is 0.347. The number of halogens is 1. The lowest BCUT2D eigenvalue weighted by molar-refractivity contribution is 0.0716. The van der Waals surface area contributed by atoms with Gasteiger partial charge in [-0.3, -0.25) is 0 Å². The van der Waals surface area contributed by atoms with Gasteiger partial charge >= 0.3 is 5.97 Å². The van der Waals surface area contributed by atoms with Gasteiger partial charge in [-0.05, 0) is 24.6 Å². The number of hydrogen-bond donors (Lipinski definition) is 0. The molecule has 1 aromatic carbocycles. The third-order valence-electron chi connectivity index (χ3n) is 2.04. The number of carbonyl (C=O) groups is 1. The molecule has 0 atom stereocenters. The van der Waals surface area contributed by atoms with Crippen molar-refractivity contribution in [3.63, 3.8) is 0 Å². The van der Waals surface area contributed by atoms with Crippen LogP contribution >= 0.6 is 11.6 Å². The average molecular weight is 195 g/mol. The molecule has 0 bridgehead atoms.